The Labute approximate surface area is 187 Å². The maximum atomic E-state index is 12.6. The molecule has 0 atom stereocenters. The van der Waals surface area contributed by atoms with Gasteiger partial charge in [0.15, 0.2) is 0 Å². The van der Waals surface area contributed by atoms with Crippen molar-refractivity contribution in [2.45, 2.75) is 19.8 Å². The van der Waals surface area contributed by atoms with Gasteiger partial charge in [-0.3, -0.25) is 14.5 Å². The van der Waals surface area contributed by atoms with Gasteiger partial charge in [0.25, 0.3) is 5.91 Å². The summed E-state index contributed by atoms with van der Waals surface area (Å²) in [6.45, 7) is 2.47. The molecule has 2 amide bonds. The average molecular weight is 522 g/mol. The molecule has 2 aromatic rings. The van der Waals surface area contributed by atoms with Crippen LogP contribution in [-0.2, 0) is 9.59 Å². The molecule has 0 unspecified atom stereocenters. The van der Waals surface area contributed by atoms with Gasteiger partial charge in [0.1, 0.15) is 4.32 Å². The van der Waals surface area contributed by atoms with Crippen molar-refractivity contribution in [3.8, 4) is 0 Å². The van der Waals surface area contributed by atoms with E-state index in [1.165, 1.54) is 17.3 Å². The van der Waals surface area contributed by atoms with Crippen molar-refractivity contribution >= 4 is 74.5 Å². The van der Waals surface area contributed by atoms with E-state index >= 15 is 0 Å². The molecule has 1 fully saturated rings. The number of amides is 2. The molecule has 3 rings (SSSR count). The number of thioether (sulfide) groups is 1. The van der Waals surface area contributed by atoms with Crippen molar-refractivity contribution in [3.05, 3.63) is 68.1 Å². The fraction of sp³-hybridized carbons (Fsp3) is 0.190. The first-order valence-corrected chi connectivity index (χ1v) is 11.1. The number of benzene rings is 2. The Bertz CT molecular complexity index is 924. The van der Waals surface area contributed by atoms with Crippen LogP contribution in [0.1, 0.15) is 24.0 Å². The molecule has 0 radical (unpaired) electrons. The van der Waals surface area contributed by atoms with Crippen LogP contribution in [0.2, 0.25) is 0 Å². The summed E-state index contributed by atoms with van der Waals surface area (Å²) in [4.78, 5) is 26.9. The van der Waals surface area contributed by atoms with E-state index in [9.17, 15) is 9.59 Å². The van der Waals surface area contributed by atoms with Crippen molar-refractivity contribution in [1.29, 1.82) is 0 Å². The molecule has 0 saturated carbocycles. The molecule has 2 aromatic carbocycles. The number of carbonyl (C=O) groups is 2. The minimum absolute atomic E-state index is 0.0677. The molecular formula is C21H19IN2O2S2. The van der Waals surface area contributed by atoms with Crippen LogP contribution < -0.4 is 5.32 Å². The lowest BCUT2D eigenvalue weighted by Crippen LogP contribution is -2.29. The standard InChI is InChI=1S/C21H19IN2O2S2/c1-14-4-6-15(7-5-14)13-18-20(26)24(21(27)28-18)12-2-3-19(25)23-17-10-8-16(22)9-11-17/h4-11,13H,2-3,12H2,1H3,(H,23,25)/b18-13+. The van der Waals surface area contributed by atoms with Crippen molar-refractivity contribution in [2.75, 3.05) is 11.9 Å². The van der Waals surface area contributed by atoms with Gasteiger partial charge in [0, 0.05) is 22.2 Å². The predicted octanol–water partition coefficient (Wildman–Crippen LogP) is 5.22. The molecule has 0 bridgehead atoms. The molecule has 0 aromatic heterocycles. The third kappa shape index (κ3) is 5.65. The molecule has 1 heterocycles. The van der Waals surface area contributed by atoms with E-state index in [1.54, 1.807) is 4.90 Å². The van der Waals surface area contributed by atoms with E-state index in [0.717, 1.165) is 14.8 Å². The summed E-state index contributed by atoms with van der Waals surface area (Å²) in [5, 5.41) is 2.87. The van der Waals surface area contributed by atoms with Crippen molar-refractivity contribution in [3.63, 3.8) is 0 Å². The number of anilines is 1. The van der Waals surface area contributed by atoms with Gasteiger partial charge in [-0.05, 0) is 71.8 Å². The molecule has 28 heavy (non-hydrogen) atoms. The highest BCUT2D eigenvalue weighted by Gasteiger charge is 2.31. The van der Waals surface area contributed by atoms with Crippen LogP contribution in [0.5, 0.6) is 0 Å². The Balaban J connectivity index is 1.52. The first-order valence-electron chi connectivity index (χ1n) is 8.80. The first-order chi connectivity index (χ1) is 13.4. The second kappa shape index (κ2) is 9.67. The molecule has 1 saturated heterocycles. The number of hydrogen-bond donors (Lipinski definition) is 1. The van der Waals surface area contributed by atoms with Gasteiger partial charge in [-0.2, -0.15) is 0 Å². The van der Waals surface area contributed by atoms with Gasteiger partial charge in [-0.1, -0.05) is 53.8 Å². The van der Waals surface area contributed by atoms with E-state index in [4.69, 9.17) is 12.2 Å². The first kappa shape index (κ1) is 21.0. The van der Waals surface area contributed by atoms with Crippen LogP contribution in [0.4, 0.5) is 5.69 Å². The van der Waals surface area contributed by atoms with Crippen LogP contribution >= 0.6 is 46.6 Å². The van der Waals surface area contributed by atoms with Gasteiger partial charge < -0.3 is 5.32 Å². The molecule has 4 nitrogen and oxygen atoms in total. The van der Waals surface area contributed by atoms with Crippen molar-refractivity contribution in [2.24, 2.45) is 0 Å². The zero-order valence-electron chi connectivity index (χ0n) is 15.3. The van der Waals surface area contributed by atoms with E-state index < -0.39 is 0 Å². The number of thiocarbonyl (C=S) groups is 1. The highest BCUT2D eigenvalue weighted by atomic mass is 127. The fourth-order valence-electron chi connectivity index (χ4n) is 2.66. The highest BCUT2D eigenvalue weighted by molar-refractivity contribution is 14.1. The molecule has 0 aliphatic carbocycles. The summed E-state index contributed by atoms with van der Waals surface area (Å²) in [6.07, 6.45) is 2.75. The summed E-state index contributed by atoms with van der Waals surface area (Å²) in [7, 11) is 0. The van der Waals surface area contributed by atoms with E-state index in [2.05, 4.69) is 27.9 Å². The number of rotatable bonds is 6. The third-order valence-electron chi connectivity index (χ3n) is 4.16. The Hall–Kier alpha value is -1.71. The highest BCUT2D eigenvalue weighted by Crippen LogP contribution is 2.32. The largest absolute Gasteiger partial charge is 0.326 e. The number of nitrogens with one attached hydrogen (secondary N) is 1. The second-order valence-electron chi connectivity index (χ2n) is 6.40. The molecule has 1 aliphatic rings. The Morgan fingerprint density at radius 3 is 2.54 bits per heavy atom. The summed E-state index contributed by atoms with van der Waals surface area (Å²) in [6, 6.07) is 15.6. The zero-order valence-corrected chi connectivity index (χ0v) is 19.1. The summed E-state index contributed by atoms with van der Waals surface area (Å²) < 4.78 is 1.66. The normalized spacial score (nSPS) is 15.4. The maximum absolute atomic E-state index is 12.6. The number of nitrogens with zero attached hydrogens (tertiary/aromatic N) is 1. The smallest absolute Gasteiger partial charge is 0.266 e. The molecule has 144 valence electrons. The quantitative estimate of drug-likeness (QED) is 0.321. The third-order valence-corrected chi connectivity index (χ3v) is 6.26. The lowest BCUT2D eigenvalue weighted by Gasteiger charge is -2.14. The van der Waals surface area contributed by atoms with Crippen LogP contribution in [0.25, 0.3) is 6.08 Å². The Kier molecular flexibility index (Phi) is 7.25. The lowest BCUT2D eigenvalue weighted by atomic mass is 10.1. The average Bonchev–Trinajstić information content (AvgIpc) is 2.93. The molecule has 1 N–H and O–H groups in total. The van der Waals surface area contributed by atoms with Crippen molar-refractivity contribution < 1.29 is 9.59 Å². The molecule has 1 aliphatic heterocycles. The number of hydrogen-bond acceptors (Lipinski definition) is 4. The van der Waals surface area contributed by atoms with E-state index in [0.29, 0.717) is 28.6 Å². The van der Waals surface area contributed by atoms with Crippen molar-refractivity contribution in [1.82, 2.24) is 4.90 Å². The van der Waals surface area contributed by atoms with E-state index in [-0.39, 0.29) is 11.8 Å². The van der Waals surface area contributed by atoms with Gasteiger partial charge in [-0.25, -0.2) is 0 Å². The minimum Gasteiger partial charge on any atom is -0.326 e. The number of carbonyl (C=O) groups excluding carboxylic acids is 2. The van der Waals surface area contributed by atoms with Gasteiger partial charge in [0.05, 0.1) is 4.91 Å². The summed E-state index contributed by atoms with van der Waals surface area (Å²) in [5.74, 6) is -0.157. The van der Waals surface area contributed by atoms with Crippen LogP contribution in [0.15, 0.2) is 53.4 Å². The van der Waals surface area contributed by atoms with Gasteiger partial charge in [0.2, 0.25) is 5.91 Å². The van der Waals surface area contributed by atoms with Gasteiger partial charge in [-0.15, -0.1) is 0 Å². The minimum atomic E-state index is -0.0892. The van der Waals surface area contributed by atoms with Crippen LogP contribution in [0, 0.1) is 10.5 Å². The Morgan fingerprint density at radius 1 is 1.18 bits per heavy atom. The van der Waals surface area contributed by atoms with E-state index in [1.807, 2.05) is 61.5 Å². The van der Waals surface area contributed by atoms with Gasteiger partial charge >= 0.3 is 0 Å². The SMILES string of the molecule is Cc1ccc(/C=C2/SC(=S)N(CCCC(=O)Nc3ccc(I)cc3)C2=O)cc1. The predicted molar refractivity (Wildman–Crippen MR) is 128 cm³/mol. The zero-order chi connectivity index (χ0) is 20.1. The molecular weight excluding hydrogens is 503 g/mol. The molecule has 7 heteroatoms. The topological polar surface area (TPSA) is 49.4 Å². The number of aryl methyl sites for hydroxylation is 1. The van der Waals surface area contributed by atoms with Crippen LogP contribution in [0.3, 0.4) is 0 Å². The fourth-order valence-corrected chi connectivity index (χ4v) is 4.33. The maximum Gasteiger partial charge on any atom is 0.266 e. The summed E-state index contributed by atoms with van der Waals surface area (Å²) in [5.41, 5.74) is 2.92. The Morgan fingerprint density at radius 2 is 1.86 bits per heavy atom. The number of halogens is 1. The van der Waals surface area contributed by atoms with Crippen LogP contribution in [-0.4, -0.2) is 27.6 Å². The molecule has 0 spiro atoms. The monoisotopic (exact) mass is 522 g/mol. The summed E-state index contributed by atoms with van der Waals surface area (Å²) >= 11 is 8.88. The second-order valence-corrected chi connectivity index (χ2v) is 9.32. The lowest BCUT2D eigenvalue weighted by molar-refractivity contribution is -0.122.